The fourth-order valence-electron chi connectivity index (χ4n) is 2.43. The molecule has 2 heterocycles. The highest BCUT2D eigenvalue weighted by molar-refractivity contribution is 5.87. The number of anilines is 1. The summed E-state index contributed by atoms with van der Waals surface area (Å²) in [5.74, 6) is 1.38. The zero-order valence-electron chi connectivity index (χ0n) is 12.0. The molecule has 1 aliphatic heterocycles. The second-order valence-electron chi connectivity index (χ2n) is 4.66. The van der Waals surface area contributed by atoms with E-state index in [1.165, 1.54) is 12.4 Å². The van der Waals surface area contributed by atoms with Crippen LogP contribution in [0.2, 0.25) is 0 Å². The first-order valence-corrected chi connectivity index (χ1v) is 6.73. The van der Waals surface area contributed by atoms with Crippen LogP contribution in [0.15, 0.2) is 25.0 Å². The molecule has 6 heteroatoms. The molecule has 108 valence electrons. The van der Waals surface area contributed by atoms with Gasteiger partial charge in [-0.05, 0) is 12.5 Å². The summed E-state index contributed by atoms with van der Waals surface area (Å²) in [6.45, 7) is 7.83. The highest BCUT2D eigenvalue weighted by atomic mass is 16.5. The van der Waals surface area contributed by atoms with Crippen LogP contribution < -0.4 is 9.64 Å². The van der Waals surface area contributed by atoms with Crippen molar-refractivity contribution in [3.63, 3.8) is 0 Å². The molecule has 0 bridgehead atoms. The molecule has 0 unspecified atom stereocenters. The molecule has 2 rings (SSSR count). The van der Waals surface area contributed by atoms with Gasteiger partial charge >= 0.3 is 0 Å². The van der Waals surface area contributed by atoms with Crippen molar-refractivity contribution in [3.8, 4) is 5.88 Å². The Morgan fingerprint density at radius 2 is 2.35 bits per heavy atom. The number of ether oxygens (including phenoxy) is 1. The van der Waals surface area contributed by atoms with Gasteiger partial charge in [-0.1, -0.05) is 13.5 Å². The van der Waals surface area contributed by atoms with E-state index >= 15 is 0 Å². The van der Waals surface area contributed by atoms with Crippen molar-refractivity contribution >= 4 is 11.7 Å². The van der Waals surface area contributed by atoms with Crippen molar-refractivity contribution in [3.05, 3.63) is 25.0 Å². The van der Waals surface area contributed by atoms with E-state index in [2.05, 4.69) is 28.4 Å². The molecular formula is C14H20N4O2. The summed E-state index contributed by atoms with van der Waals surface area (Å²) in [5.41, 5.74) is 0. The van der Waals surface area contributed by atoms with Crippen LogP contribution in [-0.2, 0) is 4.79 Å². The Morgan fingerprint density at radius 1 is 1.55 bits per heavy atom. The normalized spacial score (nSPS) is 18.8. The molecule has 0 saturated carbocycles. The van der Waals surface area contributed by atoms with Crippen LogP contribution in [0.3, 0.4) is 0 Å². The number of carbonyl (C=O) groups excluding carboxylic acids is 1. The number of carbonyl (C=O) groups is 1. The van der Waals surface area contributed by atoms with E-state index in [-0.39, 0.29) is 11.9 Å². The molecule has 6 nitrogen and oxygen atoms in total. The van der Waals surface area contributed by atoms with Gasteiger partial charge in [-0.3, -0.25) is 4.79 Å². The van der Waals surface area contributed by atoms with E-state index in [4.69, 9.17) is 4.74 Å². The van der Waals surface area contributed by atoms with Crippen LogP contribution in [0, 0.1) is 0 Å². The van der Waals surface area contributed by atoms with Crippen LogP contribution in [0.5, 0.6) is 5.88 Å². The average molecular weight is 276 g/mol. The third-order valence-electron chi connectivity index (χ3n) is 3.57. The summed E-state index contributed by atoms with van der Waals surface area (Å²) >= 11 is 0. The Hall–Kier alpha value is -2.11. The molecule has 1 aliphatic rings. The van der Waals surface area contributed by atoms with Crippen molar-refractivity contribution in [1.29, 1.82) is 0 Å². The Balaban J connectivity index is 2.13. The largest absolute Gasteiger partial charge is 0.481 e. The van der Waals surface area contributed by atoms with E-state index in [0.717, 1.165) is 25.3 Å². The summed E-state index contributed by atoms with van der Waals surface area (Å²) in [5, 5.41) is 0. The van der Waals surface area contributed by atoms with E-state index in [1.807, 2.05) is 11.0 Å². The van der Waals surface area contributed by atoms with Gasteiger partial charge in [0.25, 0.3) is 0 Å². The van der Waals surface area contributed by atoms with Crippen molar-refractivity contribution < 1.29 is 9.53 Å². The molecule has 0 radical (unpaired) electrons. The minimum Gasteiger partial charge on any atom is -0.481 e. The summed E-state index contributed by atoms with van der Waals surface area (Å²) in [7, 11) is 1.58. The lowest BCUT2D eigenvalue weighted by atomic mass is 10.1. The quantitative estimate of drug-likeness (QED) is 0.771. The molecular weight excluding hydrogens is 256 g/mol. The average Bonchev–Trinajstić information content (AvgIpc) is 2.53. The second-order valence-corrected chi connectivity index (χ2v) is 4.66. The first-order valence-electron chi connectivity index (χ1n) is 6.73. The maximum absolute atomic E-state index is 11.8. The van der Waals surface area contributed by atoms with Crippen molar-refractivity contribution in [2.45, 2.75) is 19.4 Å². The van der Waals surface area contributed by atoms with Gasteiger partial charge in [0.05, 0.1) is 7.11 Å². The number of aromatic nitrogens is 2. The first kappa shape index (κ1) is 14.3. The molecule has 0 N–H and O–H groups in total. The summed E-state index contributed by atoms with van der Waals surface area (Å²) in [6, 6.07) is 1.99. The van der Waals surface area contributed by atoms with Crippen LogP contribution in [0.4, 0.5) is 5.82 Å². The molecule has 20 heavy (non-hydrogen) atoms. The number of methoxy groups -OCH3 is 1. The zero-order chi connectivity index (χ0) is 14.5. The van der Waals surface area contributed by atoms with Crippen LogP contribution in [-0.4, -0.2) is 53.6 Å². The Morgan fingerprint density at radius 3 is 3.00 bits per heavy atom. The van der Waals surface area contributed by atoms with Crippen molar-refractivity contribution in [1.82, 2.24) is 14.9 Å². The van der Waals surface area contributed by atoms with Gasteiger partial charge in [-0.15, -0.1) is 0 Å². The Bertz CT molecular complexity index is 492. The van der Waals surface area contributed by atoms with Crippen LogP contribution >= 0.6 is 0 Å². The Kier molecular flexibility index (Phi) is 4.55. The molecule has 0 aliphatic carbocycles. The predicted octanol–water partition coefficient (Wildman–Crippen LogP) is 1.10. The fourth-order valence-corrected chi connectivity index (χ4v) is 2.43. The standard InChI is InChI=1S/C14H20N4O2/c1-4-11-9-17(6-7-18(11)14(19)5-2)12-8-13(20-3)16-10-15-12/h5,8,10-11H,2,4,6-7,9H2,1,3H3/t11-/m0/s1. The summed E-state index contributed by atoms with van der Waals surface area (Å²) in [6.07, 6.45) is 3.78. The topological polar surface area (TPSA) is 58.6 Å². The van der Waals surface area contributed by atoms with Gasteiger partial charge in [0.1, 0.15) is 12.1 Å². The zero-order valence-corrected chi connectivity index (χ0v) is 12.0. The lowest BCUT2D eigenvalue weighted by Crippen LogP contribution is -2.54. The van der Waals surface area contributed by atoms with Gasteiger partial charge in [-0.2, -0.15) is 0 Å². The molecule has 1 aromatic heterocycles. The van der Waals surface area contributed by atoms with Crippen LogP contribution in [0.25, 0.3) is 0 Å². The second kappa shape index (κ2) is 6.36. The lowest BCUT2D eigenvalue weighted by molar-refractivity contribution is -0.128. The van der Waals surface area contributed by atoms with E-state index in [9.17, 15) is 4.79 Å². The predicted molar refractivity (Wildman–Crippen MR) is 76.8 cm³/mol. The lowest BCUT2D eigenvalue weighted by Gasteiger charge is -2.41. The SMILES string of the molecule is C=CC(=O)N1CCN(c2cc(OC)ncn2)C[C@@H]1CC. The van der Waals surface area contributed by atoms with E-state index in [1.54, 1.807) is 7.11 Å². The number of hydrogen-bond acceptors (Lipinski definition) is 5. The monoisotopic (exact) mass is 276 g/mol. The number of rotatable bonds is 4. The molecule has 0 spiro atoms. The summed E-state index contributed by atoms with van der Waals surface area (Å²) < 4.78 is 5.12. The number of nitrogens with zero attached hydrogens (tertiary/aromatic N) is 4. The van der Waals surface area contributed by atoms with Gasteiger partial charge in [0, 0.05) is 31.7 Å². The van der Waals surface area contributed by atoms with Crippen molar-refractivity contribution in [2.75, 3.05) is 31.6 Å². The third-order valence-corrected chi connectivity index (χ3v) is 3.57. The smallest absolute Gasteiger partial charge is 0.246 e. The molecule has 0 aromatic carbocycles. The van der Waals surface area contributed by atoms with Crippen molar-refractivity contribution in [2.24, 2.45) is 0 Å². The maximum Gasteiger partial charge on any atom is 0.246 e. The van der Waals surface area contributed by atoms with Gasteiger partial charge in [-0.25, -0.2) is 9.97 Å². The minimum atomic E-state index is -0.00299. The van der Waals surface area contributed by atoms with E-state index < -0.39 is 0 Å². The molecule has 1 atom stereocenters. The number of piperazine rings is 1. The molecule has 1 aromatic rings. The highest BCUT2D eigenvalue weighted by Crippen LogP contribution is 2.21. The van der Waals surface area contributed by atoms with Gasteiger partial charge in [0.15, 0.2) is 0 Å². The molecule has 1 saturated heterocycles. The van der Waals surface area contributed by atoms with Gasteiger partial charge in [0.2, 0.25) is 11.8 Å². The third kappa shape index (κ3) is 2.89. The van der Waals surface area contributed by atoms with Crippen LogP contribution in [0.1, 0.15) is 13.3 Å². The molecule has 1 fully saturated rings. The fraction of sp³-hybridized carbons (Fsp3) is 0.500. The van der Waals surface area contributed by atoms with Gasteiger partial charge < -0.3 is 14.5 Å². The first-order chi connectivity index (χ1) is 9.69. The Labute approximate surface area is 119 Å². The summed E-state index contributed by atoms with van der Waals surface area (Å²) in [4.78, 5) is 24.1. The van der Waals surface area contributed by atoms with E-state index in [0.29, 0.717) is 12.4 Å². The maximum atomic E-state index is 11.8. The highest BCUT2D eigenvalue weighted by Gasteiger charge is 2.28. The number of amides is 1. The molecule has 1 amide bonds. The number of hydrogen-bond donors (Lipinski definition) is 0. The minimum absolute atomic E-state index is 0.00299.